The standard InChI is InChI=1S/C27H32N2O4/c30-27(31)19-32-26-14-4-12-23-21(9-3-13-24(23)26)11-6-16-33-29-25(17-20-7-1-2-8-20)22-10-5-15-28-18-22/h4-6,10-12,14-15,18,20-21H,1-3,7-9,13,16-17,19H2,(H,30,31). The summed E-state index contributed by atoms with van der Waals surface area (Å²) in [5, 5.41) is 13.4. The number of nitrogens with zero attached hydrogens (tertiary/aromatic N) is 2. The molecule has 1 aromatic heterocycles. The van der Waals surface area contributed by atoms with E-state index < -0.39 is 5.97 Å². The van der Waals surface area contributed by atoms with Crippen molar-refractivity contribution in [2.24, 2.45) is 11.1 Å². The van der Waals surface area contributed by atoms with E-state index in [0.29, 0.717) is 18.3 Å². The Hall–Kier alpha value is -3.15. The van der Waals surface area contributed by atoms with Crippen LogP contribution in [0, 0.1) is 5.92 Å². The van der Waals surface area contributed by atoms with Gasteiger partial charge in [-0.1, -0.05) is 49.0 Å². The zero-order valence-corrected chi connectivity index (χ0v) is 19.0. The molecule has 1 unspecified atom stereocenters. The molecule has 2 aliphatic rings. The molecule has 0 amide bonds. The molecule has 6 heteroatoms. The molecule has 1 N–H and O–H groups in total. The van der Waals surface area contributed by atoms with Crippen LogP contribution in [-0.4, -0.2) is 35.0 Å². The number of aliphatic carboxylic acids is 1. The maximum Gasteiger partial charge on any atom is 0.341 e. The highest BCUT2D eigenvalue weighted by atomic mass is 16.6. The van der Waals surface area contributed by atoms with Gasteiger partial charge in [0.1, 0.15) is 12.4 Å². The van der Waals surface area contributed by atoms with Crippen LogP contribution in [-0.2, 0) is 16.1 Å². The fourth-order valence-electron chi connectivity index (χ4n) is 4.93. The van der Waals surface area contributed by atoms with Crippen molar-refractivity contribution in [2.75, 3.05) is 13.2 Å². The minimum atomic E-state index is -0.962. The highest BCUT2D eigenvalue weighted by molar-refractivity contribution is 6.00. The Balaban J connectivity index is 1.38. The summed E-state index contributed by atoms with van der Waals surface area (Å²) in [5.41, 5.74) is 4.34. The predicted octanol–water partition coefficient (Wildman–Crippen LogP) is 5.52. The van der Waals surface area contributed by atoms with Gasteiger partial charge in [-0.25, -0.2) is 4.79 Å². The number of ether oxygens (including phenoxy) is 1. The minimum Gasteiger partial charge on any atom is -0.482 e. The van der Waals surface area contributed by atoms with Crippen LogP contribution >= 0.6 is 0 Å². The van der Waals surface area contributed by atoms with Crippen LogP contribution in [0.1, 0.15) is 67.6 Å². The van der Waals surface area contributed by atoms with E-state index in [4.69, 9.17) is 14.7 Å². The van der Waals surface area contributed by atoms with Gasteiger partial charge >= 0.3 is 5.97 Å². The van der Waals surface area contributed by atoms with Crippen LogP contribution < -0.4 is 4.74 Å². The first-order chi connectivity index (χ1) is 16.2. The summed E-state index contributed by atoms with van der Waals surface area (Å²) >= 11 is 0. The average Bonchev–Trinajstić information content (AvgIpc) is 3.35. The van der Waals surface area contributed by atoms with Crippen LogP contribution in [0.3, 0.4) is 0 Å². The fraction of sp³-hybridized carbons (Fsp3) is 0.444. The zero-order valence-electron chi connectivity index (χ0n) is 19.0. The van der Waals surface area contributed by atoms with E-state index in [1.165, 1.54) is 31.2 Å². The number of carboxylic acid groups (broad SMARTS) is 1. The Labute approximate surface area is 195 Å². The first-order valence-electron chi connectivity index (χ1n) is 11.9. The quantitative estimate of drug-likeness (QED) is 0.224. The van der Waals surface area contributed by atoms with Crippen molar-refractivity contribution in [1.82, 2.24) is 4.98 Å². The Bertz CT molecular complexity index is 981. The number of carboxylic acids is 1. The second-order valence-electron chi connectivity index (χ2n) is 8.86. The van der Waals surface area contributed by atoms with Gasteiger partial charge in [-0.15, -0.1) is 0 Å². The predicted molar refractivity (Wildman–Crippen MR) is 128 cm³/mol. The monoisotopic (exact) mass is 448 g/mol. The van der Waals surface area contributed by atoms with Gasteiger partial charge < -0.3 is 14.7 Å². The summed E-state index contributed by atoms with van der Waals surface area (Å²) in [6, 6.07) is 9.89. The summed E-state index contributed by atoms with van der Waals surface area (Å²) in [7, 11) is 0. The number of allylic oxidation sites excluding steroid dienone is 1. The van der Waals surface area contributed by atoms with E-state index in [-0.39, 0.29) is 12.5 Å². The Morgan fingerprint density at radius 2 is 2.03 bits per heavy atom. The van der Waals surface area contributed by atoms with Gasteiger partial charge in [0.05, 0.1) is 5.71 Å². The second kappa shape index (κ2) is 11.6. The molecule has 0 radical (unpaired) electrons. The van der Waals surface area contributed by atoms with Crippen molar-refractivity contribution in [2.45, 2.75) is 57.3 Å². The van der Waals surface area contributed by atoms with E-state index in [2.05, 4.69) is 22.3 Å². The average molecular weight is 449 g/mol. The summed E-state index contributed by atoms with van der Waals surface area (Å²) in [6.45, 7) is 0.0956. The molecule has 1 aromatic carbocycles. The second-order valence-corrected chi connectivity index (χ2v) is 8.86. The molecule has 0 saturated heterocycles. The number of fused-ring (bicyclic) bond motifs is 1. The molecule has 1 heterocycles. The summed E-state index contributed by atoms with van der Waals surface area (Å²) in [6.07, 6.45) is 16.9. The molecule has 2 aromatic rings. The van der Waals surface area contributed by atoms with Gasteiger partial charge in [-0.2, -0.15) is 0 Å². The van der Waals surface area contributed by atoms with Crippen molar-refractivity contribution in [3.63, 3.8) is 0 Å². The third-order valence-corrected chi connectivity index (χ3v) is 6.53. The van der Waals surface area contributed by atoms with E-state index >= 15 is 0 Å². The van der Waals surface area contributed by atoms with E-state index in [1.807, 2.05) is 36.5 Å². The highest BCUT2D eigenvalue weighted by Gasteiger charge is 2.21. The molecule has 33 heavy (non-hydrogen) atoms. The first kappa shape index (κ1) is 23.0. The minimum absolute atomic E-state index is 0.269. The molecule has 6 nitrogen and oxygen atoms in total. The molecule has 1 saturated carbocycles. The molecule has 0 spiro atoms. The smallest absolute Gasteiger partial charge is 0.341 e. The number of aromatic nitrogens is 1. The Morgan fingerprint density at radius 3 is 2.82 bits per heavy atom. The molecule has 1 atom stereocenters. The highest BCUT2D eigenvalue weighted by Crippen LogP contribution is 2.37. The van der Waals surface area contributed by atoms with Gasteiger partial charge in [0, 0.05) is 23.9 Å². The molecule has 0 bridgehead atoms. The molecule has 0 aliphatic heterocycles. The lowest BCUT2D eigenvalue weighted by atomic mass is 9.82. The topological polar surface area (TPSA) is 81.0 Å². The third-order valence-electron chi connectivity index (χ3n) is 6.53. The lowest BCUT2D eigenvalue weighted by Crippen LogP contribution is -2.14. The van der Waals surface area contributed by atoms with Crippen LogP contribution in [0.25, 0.3) is 0 Å². The van der Waals surface area contributed by atoms with Crippen molar-refractivity contribution in [3.05, 3.63) is 71.6 Å². The van der Waals surface area contributed by atoms with Crippen molar-refractivity contribution in [3.8, 4) is 5.75 Å². The van der Waals surface area contributed by atoms with E-state index in [0.717, 1.165) is 42.5 Å². The van der Waals surface area contributed by atoms with Gasteiger partial charge in [-0.05, 0) is 67.0 Å². The number of hydrogen-bond donors (Lipinski definition) is 1. The van der Waals surface area contributed by atoms with Crippen LogP contribution in [0.15, 0.2) is 60.0 Å². The maximum absolute atomic E-state index is 10.9. The fourth-order valence-corrected chi connectivity index (χ4v) is 4.93. The van der Waals surface area contributed by atoms with Gasteiger partial charge in [0.15, 0.2) is 6.61 Å². The zero-order chi connectivity index (χ0) is 22.9. The summed E-state index contributed by atoms with van der Waals surface area (Å²) in [4.78, 5) is 20.8. The normalized spacial score (nSPS) is 18.9. The van der Waals surface area contributed by atoms with Crippen LogP contribution in [0.2, 0.25) is 0 Å². The number of pyridine rings is 1. The number of oxime groups is 1. The molecule has 1 fully saturated rings. The number of rotatable bonds is 10. The van der Waals surface area contributed by atoms with Crippen molar-refractivity contribution < 1.29 is 19.5 Å². The van der Waals surface area contributed by atoms with Gasteiger partial charge in [0.2, 0.25) is 0 Å². The van der Waals surface area contributed by atoms with Gasteiger partial charge in [0.25, 0.3) is 0 Å². The first-order valence-corrected chi connectivity index (χ1v) is 11.9. The maximum atomic E-state index is 10.9. The molecule has 4 rings (SSSR count). The van der Waals surface area contributed by atoms with E-state index in [9.17, 15) is 4.79 Å². The number of benzene rings is 1. The number of carbonyl (C=O) groups is 1. The SMILES string of the molecule is O=C(O)COc1cccc2c1CCCC2C=CCON=C(CC1CCCC1)c1cccnc1. The molecule has 2 aliphatic carbocycles. The molecular formula is C27H32N2O4. The lowest BCUT2D eigenvalue weighted by Gasteiger charge is -2.25. The van der Waals surface area contributed by atoms with Crippen LogP contribution in [0.5, 0.6) is 5.75 Å². The van der Waals surface area contributed by atoms with E-state index in [1.54, 1.807) is 6.20 Å². The Kier molecular flexibility index (Phi) is 8.12. The summed E-state index contributed by atoms with van der Waals surface area (Å²) in [5.74, 6) is 0.670. The van der Waals surface area contributed by atoms with Crippen LogP contribution in [0.4, 0.5) is 0 Å². The molecular weight excluding hydrogens is 416 g/mol. The van der Waals surface area contributed by atoms with Gasteiger partial charge in [-0.3, -0.25) is 4.98 Å². The number of hydrogen-bond acceptors (Lipinski definition) is 5. The molecule has 174 valence electrons. The van der Waals surface area contributed by atoms with Crippen molar-refractivity contribution >= 4 is 11.7 Å². The third kappa shape index (κ3) is 6.44. The van der Waals surface area contributed by atoms with Crippen molar-refractivity contribution in [1.29, 1.82) is 0 Å². The Morgan fingerprint density at radius 1 is 1.15 bits per heavy atom. The lowest BCUT2D eigenvalue weighted by molar-refractivity contribution is -0.139. The summed E-state index contributed by atoms with van der Waals surface area (Å²) < 4.78 is 5.51. The largest absolute Gasteiger partial charge is 0.482 e.